The SMILES string of the molecule is C=CC1=C(\C=C)N(C(=O)CCC(=O)C(C)CC)Cc2ccccc2/C(NN)=C\1NC(C)C. The first-order valence-corrected chi connectivity index (χ1v) is 11.2. The topological polar surface area (TPSA) is 87.5 Å². The van der Waals surface area contributed by atoms with Crippen molar-refractivity contribution in [1.29, 1.82) is 0 Å². The van der Waals surface area contributed by atoms with Gasteiger partial charge >= 0.3 is 0 Å². The van der Waals surface area contributed by atoms with E-state index >= 15 is 0 Å². The van der Waals surface area contributed by atoms with Crippen molar-refractivity contribution in [1.82, 2.24) is 15.6 Å². The van der Waals surface area contributed by atoms with Gasteiger partial charge in [-0.05, 0) is 31.9 Å². The van der Waals surface area contributed by atoms with E-state index in [1.807, 2.05) is 52.0 Å². The molecule has 4 N–H and O–H groups in total. The Morgan fingerprint density at radius 2 is 1.81 bits per heavy atom. The van der Waals surface area contributed by atoms with Crippen LogP contribution in [0.5, 0.6) is 0 Å². The number of carbonyl (C=O) groups is 2. The first-order valence-electron chi connectivity index (χ1n) is 11.2. The van der Waals surface area contributed by atoms with Gasteiger partial charge in [0.05, 0.1) is 23.6 Å². The van der Waals surface area contributed by atoms with Crippen LogP contribution in [0.2, 0.25) is 0 Å². The molecule has 1 heterocycles. The zero-order valence-electron chi connectivity index (χ0n) is 19.7. The molecule has 0 bridgehead atoms. The van der Waals surface area contributed by atoms with Crippen LogP contribution in [0.1, 0.15) is 58.1 Å². The average molecular weight is 437 g/mol. The van der Waals surface area contributed by atoms with Gasteiger partial charge < -0.3 is 15.6 Å². The third kappa shape index (κ3) is 5.56. The van der Waals surface area contributed by atoms with Gasteiger partial charge in [0.1, 0.15) is 5.78 Å². The van der Waals surface area contributed by atoms with Gasteiger partial charge in [0.25, 0.3) is 0 Å². The molecule has 0 aliphatic carbocycles. The molecule has 2 rings (SSSR count). The van der Waals surface area contributed by atoms with Crippen molar-refractivity contribution in [2.24, 2.45) is 11.8 Å². The number of allylic oxidation sites excluding steroid dienone is 2. The summed E-state index contributed by atoms with van der Waals surface area (Å²) >= 11 is 0. The molecule has 1 aliphatic heterocycles. The van der Waals surface area contributed by atoms with Crippen molar-refractivity contribution in [2.45, 2.75) is 59.5 Å². The number of ketones is 1. The Balaban J connectivity index is 2.64. The smallest absolute Gasteiger partial charge is 0.227 e. The quantitative estimate of drug-likeness (QED) is 0.378. The van der Waals surface area contributed by atoms with Crippen molar-refractivity contribution in [2.75, 3.05) is 0 Å². The highest BCUT2D eigenvalue weighted by atomic mass is 16.2. The van der Waals surface area contributed by atoms with Gasteiger partial charge in [-0.3, -0.25) is 15.4 Å². The standard InChI is InChI=1S/C26H36N4O2/c1-7-18(6)23(31)14-15-24(32)30-16-19-12-10-11-13-21(19)26(29-27)25(28-17(4)5)20(8-2)22(30)9-3/h8-13,17-18,28-29H,2-3,7,14-16,27H2,1,4-6H3/b22-20-,26-25-. The highest BCUT2D eigenvalue weighted by Gasteiger charge is 2.27. The summed E-state index contributed by atoms with van der Waals surface area (Å²) in [7, 11) is 0. The zero-order valence-corrected chi connectivity index (χ0v) is 19.7. The highest BCUT2D eigenvalue weighted by molar-refractivity contribution is 5.88. The van der Waals surface area contributed by atoms with Gasteiger partial charge in [0.15, 0.2) is 0 Å². The number of nitrogens with one attached hydrogen (secondary N) is 2. The highest BCUT2D eigenvalue weighted by Crippen LogP contribution is 2.32. The number of hydrogen-bond acceptors (Lipinski definition) is 5. The molecule has 1 aromatic carbocycles. The fraction of sp³-hybridized carbons (Fsp3) is 0.385. The molecule has 1 aliphatic rings. The van der Waals surface area contributed by atoms with Crippen molar-refractivity contribution in [3.05, 3.63) is 77.7 Å². The largest absolute Gasteiger partial charge is 0.381 e. The van der Waals surface area contributed by atoms with Crippen LogP contribution < -0.4 is 16.6 Å². The first-order chi connectivity index (χ1) is 15.3. The summed E-state index contributed by atoms with van der Waals surface area (Å²) in [4.78, 5) is 27.4. The van der Waals surface area contributed by atoms with E-state index in [4.69, 9.17) is 5.84 Å². The van der Waals surface area contributed by atoms with E-state index in [2.05, 4.69) is 23.9 Å². The minimum atomic E-state index is -0.126. The van der Waals surface area contributed by atoms with E-state index in [-0.39, 0.29) is 36.5 Å². The Kier molecular flexibility index (Phi) is 9.02. The second-order valence-corrected chi connectivity index (χ2v) is 8.31. The maximum Gasteiger partial charge on any atom is 0.227 e. The van der Waals surface area contributed by atoms with E-state index < -0.39 is 0 Å². The molecule has 32 heavy (non-hydrogen) atoms. The summed E-state index contributed by atoms with van der Waals surface area (Å²) in [5.74, 6) is 5.92. The molecule has 1 unspecified atom stereocenters. The van der Waals surface area contributed by atoms with Crippen LogP contribution in [0.15, 0.2) is 66.5 Å². The molecule has 172 valence electrons. The Labute approximate surface area is 191 Å². The fourth-order valence-electron chi connectivity index (χ4n) is 3.78. The number of Topliss-reactive ketones (excluding diaryl/α,β-unsaturated/α-hetero) is 1. The summed E-state index contributed by atoms with van der Waals surface area (Å²) in [6, 6.07) is 7.93. The normalized spacial score (nSPS) is 19.5. The molecule has 0 spiro atoms. The van der Waals surface area contributed by atoms with E-state index in [1.165, 1.54) is 0 Å². The van der Waals surface area contributed by atoms with E-state index in [0.717, 1.165) is 34.5 Å². The number of benzene rings is 1. The summed E-state index contributed by atoms with van der Waals surface area (Å²) in [5, 5.41) is 3.46. The minimum absolute atomic E-state index is 0.0445. The van der Waals surface area contributed by atoms with Crippen molar-refractivity contribution >= 4 is 17.4 Å². The number of amides is 1. The van der Waals surface area contributed by atoms with E-state index in [1.54, 1.807) is 17.1 Å². The van der Waals surface area contributed by atoms with E-state index in [0.29, 0.717) is 12.2 Å². The minimum Gasteiger partial charge on any atom is -0.381 e. The number of carbonyl (C=O) groups excluding carboxylic acids is 2. The van der Waals surface area contributed by atoms with Crippen LogP contribution >= 0.6 is 0 Å². The summed E-state index contributed by atoms with van der Waals surface area (Å²) in [6.07, 6.45) is 4.51. The lowest BCUT2D eigenvalue weighted by Crippen LogP contribution is -2.36. The van der Waals surface area contributed by atoms with E-state index in [9.17, 15) is 9.59 Å². The number of nitrogens with zero attached hydrogens (tertiary/aromatic N) is 1. The molecule has 6 heteroatoms. The van der Waals surface area contributed by atoms with Crippen molar-refractivity contribution in [3.63, 3.8) is 0 Å². The third-order valence-electron chi connectivity index (χ3n) is 5.72. The molecule has 1 amide bonds. The molecule has 0 aromatic heterocycles. The second kappa shape index (κ2) is 11.5. The Morgan fingerprint density at radius 1 is 1.12 bits per heavy atom. The van der Waals surface area contributed by atoms with Crippen LogP contribution in [0.25, 0.3) is 5.70 Å². The first kappa shape index (κ1) is 25.1. The Hall–Kier alpha value is -3.12. The molecule has 0 fully saturated rings. The Bertz CT molecular complexity index is 943. The number of nitrogens with two attached hydrogens (primary N) is 1. The molecule has 1 aromatic rings. The number of hydrazine groups is 1. The van der Waals surface area contributed by atoms with Gasteiger partial charge in [0.2, 0.25) is 5.91 Å². The lowest BCUT2D eigenvalue weighted by molar-refractivity contribution is -0.132. The molecule has 0 saturated heterocycles. The van der Waals surface area contributed by atoms with Crippen LogP contribution in [-0.2, 0) is 16.1 Å². The summed E-state index contributed by atoms with van der Waals surface area (Å²) in [5.41, 5.74) is 7.50. The Morgan fingerprint density at radius 3 is 2.38 bits per heavy atom. The molecule has 6 nitrogen and oxygen atoms in total. The zero-order chi connectivity index (χ0) is 23.8. The molecular weight excluding hydrogens is 400 g/mol. The van der Waals surface area contributed by atoms with Crippen molar-refractivity contribution < 1.29 is 9.59 Å². The summed E-state index contributed by atoms with van der Waals surface area (Å²) in [6.45, 7) is 16.3. The van der Waals surface area contributed by atoms with Crippen LogP contribution in [0, 0.1) is 5.92 Å². The second-order valence-electron chi connectivity index (χ2n) is 8.31. The lowest BCUT2D eigenvalue weighted by Gasteiger charge is -2.32. The average Bonchev–Trinajstić information content (AvgIpc) is 2.78. The lowest BCUT2D eigenvalue weighted by atomic mass is 9.95. The number of rotatable bonds is 10. The van der Waals surface area contributed by atoms with Crippen LogP contribution in [0.4, 0.5) is 0 Å². The van der Waals surface area contributed by atoms with Gasteiger partial charge in [-0.1, -0.05) is 57.3 Å². The van der Waals surface area contributed by atoms with Gasteiger partial charge in [0, 0.05) is 35.9 Å². The number of fused-ring (bicyclic) bond motifs is 1. The molecule has 1 atom stereocenters. The molecule has 0 radical (unpaired) electrons. The van der Waals surface area contributed by atoms with Gasteiger partial charge in [-0.25, -0.2) is 0 Å². The maximum atomic E-state index is 13.4. The van der Waals surface area contributed by atoms with Gasteiger partial charge in [-0.15, -0.1) is 0 Å². The maximum absolute atomic E-state index is 13.4. The van der Waals surface area contributed by atoms with Crippen LogP contribution in [0.3, 0.4) is 0 Å². The molecular formula is C26H36N4O2. The fourth-order valence-corrected chi connectivity index (χ4v) is 3.78. The molecule has 0 saturated carbocycles. The number of hydrogen-bond donors (Lipinski definition) is 3. The van der Waals surface area contributed by atoms with Gasteiger partial charge in [-0.2, -0.15) is 0 Å². The monoisotopic (exact) mass is 436 g/mol. The predicted molar refractivity (Wildman–Crippen MR) is 131 cm³/mol. The summed E-state index contributed by atoms with van der Waals surface area (Å²) < 4.78 is 0. The third-order valence-corrected chi connectivity index (χ3v) is 5.72. The van der Waals surface area contributed by atoms with Crippen molar-refractivity contribution in [3.8, 4) is 0 Å². The predicted octanol–water partition coefficient (Wildman–Crippen LogP) is 4.18. The van der Waals surface area contributed by atoms with Crippen LogP contribution in [-0.4, -0.2) is 22.6 Å².